The van der Waals surface area contributed by atoms with Gasteiger partial charge in [-0.05, 0) is 39.7 Å². The van der Waals surface area contributed by atoms with Crippen LogP contribution in [0.3, 0.4) is 0 Å². The average molecular weight is 344 g/mol. The van der Waals surface area contributed by atoms with Crippen LogP contribution in [0.2, 0.25) is 0 Å². The Morgan fingerprint density at radius 2 is 1.88 bits per heavy atom. The smallest absolute Gasteiger partial charge is 0.306 e. The van der Waals surface area contributed by atoms with Crippen LogP contribution in [0.1, 0.15) is 41.5 Å². The number of aromatic nitrogens is 1. The Balaban J connectivity index is 1.76. The van der Waals surface area contributed by atoms with Crippen molar-refractivity contribution in [2.75, 3.05) is 0 Å². The van der Waals surface area contributed by atoms with Gasteiger partial charge in [0.25, 0.3) is 5.91 Å². The highest BCUT2D eigenvalue weighted by atomic mass is 16.5. The molecule has 0 aliphatic rings. The second-order valence-electron chi connectivity index (χ2n) is 6.14. The molecule has 134 valence electrons. The quantitative estimate of drug-likeness (QED) is 0.781. The van der Waals surface area contributed by atoms with Crippen LogP contribution < -0.4 is 5.32 Å². The van der Waals surface area contributed by atoms with E-state index >= 15 is 0 Å². The number of nitrogens with one attached hydrogen (secondary N) is 1. The molecule has 0 spiro atoms. The summed E-state index contributed by atoms with van der Waals surface area (Å²) in [5, 5.41) is 6.62. The highest BCUT2D eigenvalue weighted by Gasteiger charge is 2.18. The van der Waals surface area contributed by atoms with Crippen molar-refractivity contribution in [3.05, 3.63) is 52.4 Å². The normalized spacial score (nSPS) is 11.8. The Morgan fingerprint density at radius 3 is 2.48 bits per heavy atom. The highest BCUT2D eigenvalue weighted by molar-refractivity contribution is 5.83. The van der Waals surface area contributed by atoms with E-state index in [4.69, 9.17) is 9.26 Å². The van der Waals surface area contributed by atoms with E-state index in [0.717, 1.165) is 22.4 Å². The number of nitrogens with zero attached hydrogens (tertiary/aromatic N) is 1. The van der Waals surface area contributed by atoms with Gasteiger partial charge in [-0.25, -0.2) is 0 Å². The number of amides is 1. The lowest BCUT2D eigenvalue weighted by Gasteiger charge is -2.13. The number of aryl methyl sites for hydroxylation is 3. The van der Waals surface area contributed by atoms with Gasteiger partial charge in [-0.2, -0.15) is 0 Å². The number of benzene rings is 1. The molecular formula is C19H24N2O4. The van der Waals surface area contributed by atoms with Crippen molar-refractivity contribution in [2.24, 2.45) is 0 Å². The van der Waals surface area contributed by atoms with Crippen molar-refractivity contribution in [1.29, 1.82) is 0 Å². The topological polar surface area (TPSA) is 81.4 Å². The first-order valence-corrected chi connectivity index (χ1v) is 8.31. The van der Waals surface area contributed by atoms with Gasteiger partial charge in [0, 0.05) is 18.5 Å². The van der Waals surface area contributed by atoms with Crippen LogP contribution in [0.25, 0.3) is 0 Å². The maximum Gasteiger partial charge on any atom is 0.306 e. The van der Waals surface area contributed by atoms with Crippen LogP contribution in [0.15, 0.2) is 28.8 Å². The fourth-order valence-electron chi connectivity index (χ4n) is 2.43. The summed E-state index contributed by atoms with van der Waals surface area (Å²) in [6, 6.07) is 7.88. The van der Waals surface area contributed by atoms with E-state index in [0.29, 0.717) is 18.7 Å². The zero-order chi connectivity index (χ0) is 18.4. The molecule has 0 saturated carbocycles. The molecular weight excluding hydrogens is 320 g/mol. The zero-order valence-corrected chi connectivity index (χ0v) is 15.1. The first kappa shape index (κ1) is 18.7. The molecule has 25 heavy (non-hydrogen) atoms. The van der Waals surface area contributed by atoms with E-state index in [1.54, 1.807) is 6.92 Å². The molecule has 1 heterocycles. The van der Waals surface area contributed by atoms with Gasteiger partial charge in [-0.1, -0.05) is 35.0 Å². The van der Waals surface area contributed by atoms with Crippen molar-refractivity contribution in [2.45, 2.75) is 53.2 Å². The van der Waals surface area contributed by atoms with Crippen LogP contribution >= 0.6 is 0 Å². The monoisotopic (exact) mass is 344 g/mol. The Bertz CT molecular complexity index is 715. The van der Waals surface area contributed by atoms with Gasteiger partial charge in [0.15, 0.2) is 6.10 Å². The van der Waals surface area contributed by atoms with Gasteiger partial charge in [0.05, 0.1) is 5.69 Å². The van der Waals surface area contributed by atoms with Crippen molar-refractivity contribution in [3.63, 3.8) is 0 Å². The average Bonchev–Trinajstić information content (AvgIpc) is 2.90. The van der Waals surface area contributed by atoms with Gasteiger partial charge >= 0.3 is 5.97 Å². The van der Waals surface area contributed by atoms with Gasteiger partial charge in [-0.3, -0.25) is 9.59 Å². The summed E-state index contributed by atoms with van der Waals surface area (Å²) < 4.78 is 10.3. The second kappa shape index (κ2) is 8.46. The molecule has 2 aromatic rings. The van der Waals surface area contributed by atoms with E-state index in [2.05, 4.69) is 10.5 Å². The maximum atomic E-state index is 12.0. The molecule has 0 aliphatic carbocycles. The Labute approximate surface area is 147 Å². The SMILES string of the molecule is Cc1ccc(CNC(=O)[C@@H](C)OC(=O)CCc2c(C)noc2C)cc1. The first-order valence-electron chi connectivity index (χ1n) is 8.31. The number of carbonyl (C=O) groups is 2. The molecule has 0 fully saturated rings. The van der Waals surface area contributed by atoms with Crippen molar-refractivity contribution in [1.82, 2.24) is 10.5 Å². The molecule has 0 saturated heterocycles. The van der Waals surface area contributed by atoms with Crippen LogP contribution in [0.4, 0.5) is 0 Å². The van der Waals surface area contributed by atoms with Crippen molar-refractivity contribution < 1.29 is 18.8 Å². The predicted octanol–water partition coefficient (Wildman–Crippen LogP) is 2.78. The zero-order valence-electron chi connectivity index (χ0n) is 15.1. The fraction of sp³-hybridized carbons (Fsp3) is 0.421. The molecule has 0 unspecified atom stereocenters. The summed E-state index contributed by atoms with van der Waals surface area (Å²) >= 11 is 0. The van der Waals surface area contributed by atoms with E-state index < -0.39 is 12.1 Å². The minimum atomic E-state index is -0.831. The van der Waals surface area contributed by atoms with E-state index in [1.807, 2.05) is 45.0 Å². The summed E-state index contributed by atoms with van der Waals surface area (Å²) in [7, 11) is 0. The minimum absolute atomic E-state index is 0.179. The highest BCUT2D eigenvalue weighted by Crippen LogP contribution is 2.14. The number of esters is 1. The number of hydrogen-bond acceptors (Lipinski definition) is 5. The summed E-state index contributed by atoms with van der Waals surface area (Å²) in [5.41, 5.74) is 3.84. The molecule has 0 bridgehead atoms. The van der Waals surface area contributed by atoms with E-state index in [9.17, 15) is 9.59 Å². The first-order chi connectivity index (χ1) is 11.9. The van der Waals surface area contributed by atoms with Gasteiger partial charge in [-0.15, -0.1) is 0 Å². The lowest BCUT2D eigenvalue weighted by atomic mass is 10.1. The van der Waals surface area contributed by atoms with Gasteiger partial charge < -0.3 is 14.6 Å². The molecule has 1 aromatic heterocycles. The van der Waals surface area contributed by atoms with E-state index in [1.165, 1.54) is 0 Å². The lowest BCUT2D eigenvalue weighted by molar-refractivity contribution is -0.154. The molecule has 1 aromatic carbocycles. The molecule has 1 N–H and O–H groups in total. The number of rotatable bonds is 7. The predicted molar refractivity (Wildman–Crippen MR) is 92.9 cm³/mol. The number of carbonyl (C=O) groups excluding carboxylic acids is 2. The number of hydrogen-bond donors (Lipinski definition) is 1. The second-order valence-corrected chi connectivity index (χ2v) is 6.14. The summed E-state index contributed by atoms with van der Waals surface area (Å²) in [6.07, 6.45) is -0.168. The molecule has 2 rings (SSSR count). The van der Waals surface area contributed by atoms with Crippen LogP contribution in [0.5, 0.6) is 0 Å². The third-order valence-corrected chi connectivity index (χ3v) is 4.03. The molecule has 1 atom stereocenters. The van der Waals surface area contributed by atoms with Crippen LogP contribution in [0, 0.1) is 20.8 Å². The Morgan fingerprint density at radius 1 is 1.20 bits per heavy atom. The Kier molecular flexibility index (Phi) is 6.33. The van der Waals surface area contributed by atoms with Gasteiger partial charge in [0.2, 0.25) is 0 Å². The third-order valence-electron chi connectivity index (χ3n) is 4.03. The molecule has 1 amide bonds. The van der Waals surface area contributed by atoms with Crippen molar-refractivity contribution >= 4 is 11.9 Å². The standard InChI is InChI=1S/C19H24N2O4/c1-12-5-7-16(8-6-12)11-20-19(23)15(4)24-18(22)10-9-17-13(2)21-25-14(17)3/h5-8,15H,9-11H2,1-4H3,(H,20,23)/t15-/m1/s1. The van der Waals surface area contributed by atoms with Crippen LogP contribution in [-0.2, 0) is 27.3 Å². The molecule has 0 radical (unpaired) electrons. The van der Waals surface area contributed by atoms with E-state index in [-0.39, 0.29) is 12.3 Å². The van der Waals surface area contributed by atoms with Crippen molar-refractivity contribution in [3.8, 4) is 0 Å². The molecule has 0 aliphatic heterocycles. The Hall–Kier alpha value is -2.63. The lowest BCUT2D eigenvalue weighted by Crippen LogP contribution is -2.35. The van der Waals surface area contributed by atoms with Crippen LogP contribution in [-0.4, -0.2) is 23.1 Å². The minimum Gasteiger partial charge on any atom is -0.453 e. The molecule has 6 nitrogen and oxygen atoms in total. The number of ether oxygens (including phenoxy) is 1. The summed E-state index contributed by atoms with van der Waals surface area (Å²) in [4.78, 5) is 24.0. The third kappa shape index (κ3) is 5.45. The summed E-state index contributed by atoms with van der Waals surface area (Å²) in [6.45, 7) is 7.62. The fourth-order valence-corrected chi connectivity index (χ4v) is 2.43. The summed E-state index contributed by atoms with van der Waals surface area (Å²) in [5.74, 6) is -0.0292. The van der Waals surface area contributed by atoms with Gasteiger partial charge in [0.1, 0.15) is 5.76 Å². The molecule has 6 heteroatoms. The largest absolute Gasteiger partial charge is 0.453 e. The maximum absolute atomic E-state index is 12.0.